The molecule has 0 aliphatic carbocycles. The van der Waals surface area contributed by atoms with Gasteiger partial charge in [0.1, 0.15) is 17.5 Å². The fraction of sp³-hybridized carbons (Fsp3) is 0.312. The third-order valence-electron chi connectivity index (χ3n) is 3.65. The predicted octanol–water partition coefficient (Wildman–Crippen LogP) is 3.35. The molecule has 1 aromatic carbocycles. The summed E-state index contributed by atoms with van der Waals surface area (Å²) in [5.74, 6) is 0.887. The van der Waals surface area contributed by atoms with Crippen LogP contribution in [-0.2, 0) is 0 Å². The molecule has 0 saturated carbocycles. The molecule has 5 heteroatoms. The van der Waals surface area contributed by atoms with Crippen LogP contribution < -0.4 is 4.74 Å². The monoisotopic (exact) mass is 304 g/mol. The average molecular weight is 305 g/mol. The number of piperidine rings is 1. The number of likely N-dealkylation sites (tertiary alicyclic amines) is 1. The van der Waals surface area contributed by atoms with Gasteiger partial charge in [-0.1, -0.05) is 29.8 Å². The number of benzene rings is 1. The Labute approximate surface area is 128 Å². The lowest BCUT2D eigenvalue weighted by molar-refractivity contribution is 0.0591. The highest BCUT2D eigenvalue weighted by atomic mass is 35.5. The number of rotatable bonds is 3. The van der Waals surface area contributed by atoms with Crippen LogP contribution in [0.5, 0.6) is 5.75 Å². The Morgan fingerprint density at radius 3 is 2.57 bits per heavy atom. The van der Waals surface area contributed by atoms with Gasteiger partial charge in [-0.05, 0) is 18.2 Å². The quantitative estimate of drug-likeness (QED) is 0.945. The summed E-state index contributed by atoms with van der Waals surface area (Å²) in [5.41, 5.74) is 0.544. The molecule has 1 saturated heterocycles. The largest absolute Gasteiger partial charge is 0.490 e. The van der Waals surface area contributed by atoms with Crippen molar-refractivity contribution < 1.29 is 9.53 Å². The van der Waals surface area contributed by atoms with E-state index in [0.29, 0.717) is 23.8 Å². The van der Waals surface area contributed by atoms with Gasteiger partial charge < -0.3 is 14.6 Å². The molecular weight excluding hydrogens is 288 g/mol. The van der Waals surface area contributed by atoms with Crippen molar-refractivity contribution in [3.05, 3.63) is 53.3 Å². The number of para-hydroxylation sites is 1. The number of carbonyl (C=O) groups excluding carboxylic acids is 1. The molecule has 1 aliphatic heterocycles. The van der Waals surface area contributed by atoms with Crippen molar-refractivity contribution >= 4 is 17.5 Å². The second-order valence-electron chi connectivity index (χ2n) is 5.15. The molecule has 0 unspecified atom stereocenters. The van der Waals surface area contributed by atoms with Crippen molar-refractivity contribution in [1.82, 2.24) is 9.88 Å². The number of nitrogens with one attached hydrogen (secondary N) is 1. The van der Waals surface area contributed by atoms with Crippen molar-refractivity contribution in [1.29, 1.82) is 0 Å². The summed E-state index contributed by atoms with van der Waals surface area (Å²) in [7, 11) is 0. The van der Waals surface area contributed by atoms with E-state index in [0.717, 1.165) is 18.6 Å². The van der Waals surface area contributed by atoms with Gasteiger partial charge in [0, 0.05) is 32.1 Å². The van der Waals surface area contributed by atoms with E-state index in [-0.39, 0.29) is 12.0 Å². The number of H-pyrrole nitrogens is 1. The van der Waals surface area contributed by atoms with Crippen LogP contribution >= 0.6 is 11.6 Å². The number of carbonyl (C=O) groups is 1. The first-order chi connectivity index (χ1) is 10.2. The number of hydrogen-bond donors (Lipinski definition) is 1. The normalized spacial score (nSPS) is 16.0. The molecule has 1 N–H and O–H groups in total. The third-order valence-corrected chi connectivity index (χ3v) is 3.87. The minimum absolute atomic E-state index is 0.0000566. The van der Waals surface area contributed by atoms with E-state index in [4.69, 9.17) is 16.3 Å². The molecule has 3 rings (SSSR count). The predicted molar refractivity (Wildman–Crippen MR) is 81.8 cm³/mol. The Kier molecular flexibility index (Phi) is 4.15. The van der Waals surface area contributed by atoms with Gasteiger partial charge in [0.25, 0.3) is 5.91 Å². The molecule has 0 bridgehead atoms. The van der Waals surface area contributed by atoms with Gasteiger partial charge in [0.15, 0.2) is 0 Å². The summed E-state index contributed by atoms with van der Waals surface area (Å²) < 4.78 is 5.93. The van der Waals surface area contributed by atoms with Crippen LogP contribution in [0.4, 0.5) is 0 Å². The number of ether oxygens (including phenoxy) is 1. The van der Waals surface area contributed by atoms with Crippen molar-refractivity contribution in [2.75, 3.05) is 13.1 Å². The van der Waals surface area contributed by atoms with Crippen molar-refractivity contribution in [3.8, 4) is 5.75 Å². The molecule has 21 heavy (non-hydrogen) atoms. The minimum atomic E-state index is 0.0000566. The fourth-order valence-corrected chi connectivity index (χ4v) is 2.69. The highest BCUT2D eigenvalue weighted by molar-refractivity contribution is 6.30. The van der Waals surface area contributed by atoms with Crippen LogP contribution in [0.1, 0.15) is 23.3 Å². The van der Waals surface area contributed by atoms with Gasteiger partial charge in [-0.2, -0.15) is 0 Å². The van der Waals surface area contributed by atoms with Gasteiger partial charge in [-0.15, -0.1) is 0 Å². The average Bonchev–Trinajstić information content (AvgIpc) is 2.95. The van der Waals surface area contributed by atoms with Crippen LogP contribution in [0.2, 0.25) is 5.02 Å². The Bertz CT molecular complexity index is 604. The zero-order valence-electron chi connectivity index (χ0n) is 11.6. The highest BCUT2D eigenvalue weighted by Crippen LogP contribution is 2.20. The molecule has 1 aliphatic rings. The van der Waals surface area contributed by atoms with Crippen LogP contribution in [0.3, 0.4) is 0 Å². The second-order valence-corrected chi connectivity index (χ2v) is 5.59. The van der Waals surface area contributed by atoms with Gasteiger partial charge in [0.05, 0.1) is 5.02 Å². The molecule has 4 nitrogen and oxygen atoms in total. The molecule has 0 atom stereocenters. The summed E-state index contributed by atoms with van der Waals surface area (Å²) in [5, 5.41) is 0.556. The Morgan fingerprint density at radius 1 is 1.24 bits per heavy atom. The second kappa shape index (κ2) is 6.22. The molecule has 1 amide bonds. The molecule has 2 aromatic rings. The van der Waals surface area contributed by atoms with Gasteiger partial charge in [-0.25, -0.2) is 0 Å². The third kappa shape index (κ3) is 3.39. The van der Waals surface area contributed by atoms with E-state index in [1.807, 2.05) is 35.2 Å². The Balaban J connectivity index is 1.54. The molecule has 0 spiro atoms. The van der Waals surface area contributed by atoms with Crippen LogP contribution in [0.25, 0.3) is 0 Å². The number of aromatic amines is 1. The summed E-state index contributed by atoms with van der Waals surface area (Å²) in [6.07, 6.45) is 3.48. The molecule has 1 aromatic heterocycles. The smallest absolute Gasteiger partial charge is 0.270 e. The molecule has 2 heterocycles. The van der Waals surface area contributed by atoms with E-state index in [1.54, 1.807) is 12.3 Å². The zero-order chi connectivity index (χ0) is 14.7. The maximum absolute atomic E-state index is 12.3. The topological polar surface area (TPSA) is 45.3 Å². The van der Waals surface area contributed by atoms with E-state index < -0.39 is 0 Å². The SMILES string of the molecule is O=C(c1cc(Cl)c[nH]1)N1CCC(Oc2ccccc2)CC1. The van der Waals surface area contributed by atoms with Crippen molar-refractivity contribution in [3.63, 3.8) is 0 Å². The van der Waals surface area contributed by atoms with Gasteiger partial charge in [-0.3, -0.25) is 4.79 Å². The van der Waals surface area contributed by atoms with Crippen LogP contribution in [0.15, 0.2) is 42.6 Å². The lowest BCUT2D eigenvalue weighted by Crippen LogP contribution is -2.41. The van der Waals surface area contributed by atoms with Gasteiger partial charge in [0.2, 0.25) is 0 Å². The first kappa shape index (κ1) is 14.0. The first-order valence-corrected chi connectivity index (χ1v) is 7.45. The van der Waals surface area contributed by atoms with E-state index in [1.165, 1.54) is 0 Å². The molecular formula is C16H17ClN2O2. The minimum Gasteiger partial charge on any atom is -0.490 e. The van der Waals surface area contributed by atoms with Crippen molar-refractivity contribution in [2.24, 2.45) is 0 Å². The molecule has 110 valence electrons. The van der Waals surface area contributed by atoms with E-state index >= 15 is 0 Å². The Morgan fingerprint density at radius 2 is 1.95 bits per heavy atom. The lowest BCUT2D eigenvalue weighted by atomic mass is 10.1. The summed E-state index contributed by atoms with van der Waals surface area (Å²) >= 11 is 5.83. The van der Waals surface area contributed by atoms with Crippen molar-refractivity contribution in [2.45, 2.75) is 18.9 Å². The summed E-state index contributed by atoms with van der Waals surface area (Å²) in [6.45, 7) is 1.40. The highest BCUT2D eigenvalue weighted by Gasteiger charge is 2.25. The fourth-order valence-electron chi connectivity index (χ4n) is 2.53. The maximum atomic E-state index is 12.3. The number of amides is 1. The van der Waals surface area contributed by atoms with Gasteiger partial charge >= 0.3 is 0 Å². The number of nitrogens with zero attached hydrogens (tertiary/aromatic N) is 1. The van der Waals surface area contributed by atoms with Crippen LogP contribution in [0, 0.1) is 0 Å². The zero-order valence-corrected chi connectivity index (χ0v) is 12.3. The maximum Gasteiger partial charge on any atom is 0.270 e. The van der Waals surface area contributed by atoms with E-state index in [9.17, 15) is 4.79 Å². The van der Waals surface area contributed by atoms with Crippen LogP contribution in [-0.4, -0.2) is 35.0 Å². The molecule has 0 radical (unpaired) electrons. The number of aromatic nitrogens is 1. The first-order valence-electron chi connectivity index (χ1n) is 7.07. The number of hydrogen-bond acceptors (Lipinski definition) is 2. The van der Waals surface area contributed by atoms with E-state index in [2.05, 4.69) is 4.98 Å². The summed E-state index contributed by atoms with van der Waals surface area (Å²) in [6, 6.07) is 11.5. The molecule has 1 fully saturated rings. The standard InChI is InChI=1S/C16H17ClN2O2/c17-12-10-15(18-11-12)16(20)19-8-6-14(7-9-19)21-13-4-2-1-3-5-13/h1-5,10-11,14,18H,6-9H2. The Hall–Kier alpha value is -1.94. The lowest BCUT2D eigenvalue weighted by Gasteiger charge is -2.32. The summed E-state index contributed by atoms with van der Waals surface area (Å²) in [4.78, 5) is 17.0. The number of halogens is 1.